The third kappa shape index (κ3) is 3.84. The van der Waals surface area contributed by atoms with E-state index in [1.54, 1.807) is 7.11 Å². The van der Waals surface area contributed by atoms with Gasteiger partial charge in [0, 0.05) is 4.47 Å². The van der Waals surface area contributed by atoms with Crippen molar-refractivity contribution in [3.63, 3.8) is 0 Å². The van der Waals surface area contributed by atoms with E-state index in [2.05, 4.69) is 58.5 Å². The standard InChI is InChI=1S/C17H20BrNO/c1-3-10-19-17(13-6-4-8-15(18)11-13)14-7-5-9-16(12-14)20-2/h4-9,11-12,17,19H,3,10H2,1-2H3. The summed E-state index contributed by atoms with van der Waals surface area (Å²) < 4.78 is 6.43. The Labute approximate surface area is 129 Å². The molecule has 0 aliphatic rings. The van der Waals surface area contributed by atoms with Gasteiger partial charge in [0.1, 0.15) is 5.75 Å². The topological polar surface area (TPSA) is 21.3 Å². The van der Waals surface area contributed by atoms with Crippen LogP contribution >= 0.6 is 15.9 Å². The lowest BCUT2D eigenvalue weighted by molar-refractivity contribution is 0.413. The van der Waals surface area contributed by atoms with Crippen LogP contribution < -0.4 is 10.1 Å². The van der Waals surface area contributed by atoms with E-state index in [0.29, 0.717) is 0 Å². The van der Waals surface area contributed by atoms with E-state index < -0.39 is 0 Å². The van der Waals surface area contributed by atoms with Crippen molar-refractivity contribution in [2.75, 3.05) is 13.7 Å². The monoisotopic (exact) mass is 333 g/mol. The van der Waals surface area contributed by atoms with Gasteiger partial charge in [-0.3, -0.25) is 0 Å². The van der Waals surface area contributed by atoms with Crippen LogP contribution in [0.25, 0.3) is 0 Å². The van der Waals surface area contributed by atoms with Gasteiger partial charge in [0.15, 0.2) is 0 Å². The van der Waals surface area contributed by atoms with Gasteiger partial charge in [0.25, 0.3) is 0 Å². The SMILES string of the molecule is CCCNC(c1cccc(Br)c1)c1cccc(OC)c1. The average Bonchev–Trinajstić information content (AvgIpc) is 2.48. The summed E-state index contributed by atoms with van der Waals surface area (Å²) in [5.41, 5.74) is 2.47. The maximum atomic E-state index is 5.33. The lowest BCUT2D eigenvalue weighted by atomic mass is 9.98. The molecule has 0 aliphatic carbocycles. The number of hydrogen-bond acceptors (Lipinski definition) is 2. The molecule has 0 aliphatic heterocycles. The molecule has 1 unspecified atom stereocenters. The molecule has 1 atom stereocenters. The highest BCUT2D eigenvalue weighted by Crippen LogP contribution is 2.27. The minimum Gasteiger partial charge on any atom is -0.497 e. The van der Waals surface area contributed by atoms with E-state index >= 15 is 0 Å². The molecule has 3 heteroatoms. The van der Waals surface area contributed by atoms with Crippen molar-refractivity contribution in [2.24, 2.45) is 0 Å². The molecule has 0 saturated carbocycles. The number of hydrogen-bond donors (Lipinski definition) is 1. The zero-order valence-electron chi connectivity index (χ0n) is 11.9. The first kappa shape index (κ1) is 15.1. The number of benzene rings is 2. The maximum Gasteiger partial charge on any atom is 0.119 e. The smallest absolute Gasteiger partial charge is 0.119 e. The summed E-state index contributed by atoms with van der Waals surface area (Å²) in [6.07, 6.45) is 1.11. The minimum atomic E-state index is 0.183. The molecule has 0 aromatic heterocycles. The number of halogens is 1. The Hall–Kier alpha value is -1.32. The van der Waals surface area contributed by atoms with E-state index in [1.165, 1.54) is 11.1 Å². The molecule has 0 bridgehead atoms. The fraction of sp³-hybridized carbons (Fsp3) is 0.294. The normalized spacial score (nSPS) is 12.2. The highest BCUT2D eigenvalue weighted by molar-refractivity contribution is 9.10. The first-order valence-electron chi connectivity index (χ1n) is 6.87. The van der Waals surface area contributed by atoms with Crippen LogP contribution in [0.1, 0.15) is 30.5 Å². The van der Waals surface area contributed by atoms with Crippen molar-refractivity contribution in [1.29, 1.82) is 0 Å². The second-order valence-corrected chi connectivity index (χ2v) is 5.63. The predicted molar refractivity (Wildman–Crippen MR) is 87.3 cm³/mol. The van der Waals surface area contributed by atoms with Crippen LogP contribution in [0, 0.1) is 0 Å². The highest BCUT2D eigenvalue weighted by atomic mass is 79.9. The Bertz CT molecular complexity index is 556. The van der Waals surface area contributed by atoms with Crippen molar-refractivity contribution < 1.29 is 4.74 Å². The van der Waals surface area contributed by atoms with Gasteiger partial charge in [-0.2, -0.15) is 0 Å². The average molecular weight is 334 g/mol. The fourth-order valence-electron chi connectivity index (χ4n) is 2.22. The zero-order valence-corrected chi connectivity index (χ0v) is 13.5. The number of rotatable bonds is 6. The maximum absolute atomic E-state index is 5.33. The van der Waals surface area contributed by atoms with Crippen molar-refractivity contribution in [3.8, 4) is 5.75 Å². The summed E-state index contributed by atoms with van der Waals surface area (Å²) in [6, 6.07) is 16.8. The highest BCUT2D eigenvalue weighted by Gasteiger charge is 2.14. The number of nitrogens with one attached hydrogen (secondary N) is 1. The van der Waals surface area contributed by atoms with Crippen molar-refractivity contribution in [1.82, 2.24) is 5.32 Å². The lowest BCUT2D eigenvalue weighted by Gasteiger charge is -2.20. The molecule has 0 radical (unpaired) electrons. The second kappa shape index (κ2) is 7.46. The zero-order chi connectivity index (χ0) is 14.4. The van der Waals surface area contributed by atoms with Crippen LogP contribution in [-0.2, 0) is 0 Å². The van der Waals surface area contributed by atoms with E-state index in [-0.39, 0.29) is 6.04 Å². The van der Waals surface area contributed by atoms with Crippen LogP contribution in [0.5, 0.6) is 5.75 Å². The Kier molecular flexibility index (Phi) is 5.62. The molecule has 2 rings (SSSR count). The largest absolute Gasteiger partial charge is 0.497 e. The first-order chi connectivity index (χ1) is 9.74. The van der Waals surface area contributed by atoms with Gasteiger partial charge in [-0.15, -0.1) is 0 Å². The molecule has 0 spiro atoms. The van der Waals surface area contributed by atoms with Crippen molar-refractivity contribution >= 4 is 15.9 Å². The Morgan fingerprint density at radius 1 is 1.10 bits per heavy atom. The fourth-order valence-corrected chi connectivity index (χ4v) is 2.64. The van der Waals surface area contributed by atoms with E-state index in [4.69, 9.17) is 4.74 Å². The quantitative estimate of drug-likeness (QED) is 0.837. The molecule has 0 amide bonds. The predicted octanol–water partition coefficient (Wildman–Crippen LogP) is 4.55. The summed E-state index contributed by atoms with van der Waals surface area (Å²) in [4.78, 5) is 0. The summed E-state index contributed by atoms with van der Waals surface area (Å²) >= 11 is 3.55. The molecule has 1 N–H and O–H groups in total. The van der Waals surface area contributed by atoms with Gasteiger partial charge < -0.3 is 10.1 Å². The summed E-state index contributed by atoms with van der Waals surface area (Å²) in [5, 5.41) is 3.60. The molecular weight excluding hydrogens is 314 g/mol. The molecule has 2 aromatic rings. The Balaban J connectivity index is 2.35. The molecule has 0 saturated heterocycles. The van der Waals surface area contributed by atoms with Gasteiger partial charge >= 0.3 is 0 Å². The third-order valence-corrected chi connectivity index (χ3v) is 3.70. The van der Waals surface area contributed by atoms with Gasteiger partial charge in [-0.25, -0.2) is 0 Å². The second-order valence-electron chi connectivity index (χ2n) is 4.72. The number of ether oxygens (including phenoxy) is 1. The van der Waals surface area contributed by atoms with Crippen LogP contribution in [0.15, 0.2) is 53.0 Å². The summed E-state index contributed by atoms with van der Waals surface area (Å²) in [6.45, 7) is 3.16. The molecule has 0 heterocycles. The first-order valence-corrected chi connectivity index (χ1v) is 7.66. The lowest BCUT2D eigenvalue weighted by Crippen LogP contribution is -2.23. The molecule has 106 valence electrons. The number of methoxy groups -OCH3 is 1. The molecular formula is C17H20BrNO. The van der Waals surface area contributed by atoms with Crippen molar-refractivity contribution in [2.45, 2.75) is 19.4 Å². The van der Waals surface area contributed by atoms with Crippen LogP contribution in [0.2, 0.25) is 0 Å². The van der Waals surface area contributed by atoms with E-state index in [0.717, 1.165) is 23.2 Å². The van der Waals surface area contributed by atoms with Gasteiger partial charge in [0.05, 0.1) is 13.2 Å². The minimum absolute atomic E-state index is 0.183. The Morgan fingerprint density at radius 3 is 2.45 bits per heavy atom. The van der Waals surface area contributed by atoms with E-state index in [9.17, 15) is 0 Å². The van der Waals surface area contributed by atoms with Crippen molar-refractivity contribution in [3.05, 3.63) is 64.1 Å². The van der Waals surface area contributed by atoms with Crippen LogP contribution in [-0.4, -0.2) is 13.7 Å². The van der Waals surface area contributed by atoms with Gasteiger partial charge in [-0.05, 0) is 48.4 Å². The van der Waals surface area contributed by atoms with Crippen LogP contribution in [0.3, 0.4) is 0 Å². The summed E-state index contributed by atoms with van der Waals surface area (Å²) in [7, 11) is 1.70. The molecule has 2 aromatic carbocycles. The van der Waals surface area contributed by atoms with E-state index in [1.807, 2.05) is 18.2 Å². The summed E-state index contributed by atoms with van der Waals surface area (Å²) in [5.74, 6) is 0.890. The van der Waals surface area contributed by atoms with Crippen LogP contribution in [0.4, 0.5) is 0 Å². The van der Waals surface area contributed by atoms with Gasteiger partial charge in [0.2, 0.25) is 0 Å². The van der Waals surface area contributed by atoms with Gasteiger partial charge in [-0.1, -0.05) is 47.1 Å². The molecule has 0 fully saturated rings. The third-order valence-electron chi connectivity index (χ3n) is 3.21. The molecule has 20 heavy (non-hydrogen) atoms. The Morgan fingerprint density at radius 2 is 1.80 bits per heavy atom. The molecule has 2 nitrogen and oxygen atoms in total.